The molecule has 0 saturated heterocycles. The first-order chi connectivity index (χ1) is 10.2. The third-order valence-corrected chi connectivity index (χ3v) is 2.94. The van der Waals surface area contributed by atoms with Crippen LogP contribution in [0.15, 0.2) is 0 Å². The third kappa shape index (κ3) is 3.25. The highest BCUT2D eigenvalue weighted by Crippen LogP contribution is 2.34. The molecule has 2 amide bonds. The molecule has 0 saturated carbocycles. The number of amides is 2. The molecule has 1 aliphatic heterocycles. The van der Waals surface area contributed by atoms with Crippen LogP contribution >= 0.6 is 0 Å². The Bertz CT molecular complexity index is 615. The van der Waals surface area contributed by atoms with Gasteiger partial charge in [-0.15, -0.1) is 0 Å². The van der Waals surface area contributed by atoms with E-state index in [1.165, 1.54) is 0 Å². The van der Waals surface area contributed by atoms with Crippen LogP contribution in [0.4, 0.5) is 0 Å². The van der Waals surface area contributed by atoms with Crippen LogP contribution < -0.4 is 20.5 Å². The Balaban J connectivity index is 2.33. The molecule has 1 aromatic rings. The van der Waals surface area contributed by atoms with Gasteiger partial charge in [-0.3, -0.25) is 9.59 Å². The molecule has 3 N–H and O–H groups in total. The minimum Gasteiger partial charge on any atom is -0.449 e. The fourth-order valence-corrected chi connectivity index (χ4v) is 1.98. The summed E-state index contributed by atoms with van der Waals surface area (Å²) >= 11 is 0. The molecule has 0 spiro atoms. The maximum Gasteiger partial charge on any atom is 0.271 e. The molecule has 0 aliphatic carbocycles. The molecule has 2 rings (SSSR count). The third-order valence-electron chi connectivity index (χ3n) is 2.94. The van der Waals surface area contributed by atoms with E-state index in [1.54, 1.807) is 32.8 Å². The lowest BCUT2D eigenvalue weighted by Gasteiger charge is -2.25. The molecule has 1 aromatic heterocycles. The number of nitrogens with one attached hydrogen (secondary N) is 1. The summed E-state index contributed by atoms with van der Waals surface area (Å²) in [5.74, 6) is -0.448. The van der Waals surface area contributed by atoms with E-state index in [4.69, 9.17) is 15.2 Å². The number of carbonyl (C=O) groups excluding carboxylic acids is 2. The van der Waals surface area contributed by atoms with Crippen LogP contribution in [-0.2, 0) is 10.3 Å². The molecule has 0 atom stereocenters. The topological polar surface area (TPSA) is 120 Å². The molecule has 9 nitrogen and oxygen atoms in total. The van der Waals surface area contributed by atoms with Crippen molar-refractivity contribution in [2.75, 3.05) is 27.4 Å². The highest BCUT2D eigenvalue weighted by molar-refractivity contribution is 5.94. The molecule has 0 unspecified atom stereocenters. The van der Waals surface area contributed by atoms with Crippen molar-refractivity contribution in [3.63, 3.8) is 0 Å². The quantitative estimate of drug-likeness (QED) is 0.732. The van der Waals surface area contributed by atoms with Crippen molar-refractivity contribution in [1.29, 1.82) is 0 Å². The van der Waals surface area contributed by atoms with E-state index < -0.39 is 11.4 Å². The zero-order valence-corrected chi connectivity index (χ0v) is 13.0. The number of ether oxygens (including phenoxy) is 2. The van der Waals surface area contributed by atoms with Crippen LogP contribution in [0.1, 0.15) is 30.2 Å². The lowest BCUT2D eigenvalue weighted by molar-refractivity contribution is -0.123. The highest BCUT2D eigenvalue weighted by atomic mass is 16.7. The van der Waals surface area contributed by atoms with E-state index in [-0.39, 0.29) is 42.4 Å². The maximum absolute atomic E-state index is 11.9. The largest absolute Gasteiger partial charge is 0.449 e. The van der Waals surface area contributed by atoms with Crippen molar-refractivity contribution in [2.24, 2.45) is 5.73 Å². The number of nitrogens with zero attached hydrogens (tertiary/aromatic N) is 3. The summed E-state index contributed by atoms with van der Waals surface area (Å²) in [6.07, 6.45) is 0. The van der Waals surface area contributed by atoms with Gasteiger partial charge in [-0.25, -0.2) is 4.98 Å². The highest BCUT2D eigenvalue weighted by Gasteiger charge is 2.32. The van der Waals surface area contributed by atoms with Crippen LogP contribution in [-0.4, -0.2) is 54.1 Å². The monoisotopic (exact) mass is 309 g/mol. The number of fused-ring (bicyclic) bond motifs is 1. The molecule has 0 fully saturated rings. The van der Waals surface area contributed by atoms with Gasteiger partial charge < -0.3 is 25.4 Å². The second-order valence-corrected chi connectivity index (χ2v) is 5.71. The van der Waals surface area contributed by atoms with E-state index in [9.17, 15) is 9.59 Å². The normalized spacial score (nSPS) is 13.3. The van der Waals surface area contributed by atoms with Crippen LogP contribution in [0, 0.1) is 0 Å². The summed E-state index contributed by atoms with van der Waals surface area (Å²) in [5.41, 5.74) is 4.34. The average molecular weight is 309 g/mol. The summed E-state index contributed by atoms with van der Waals surface area (Å²) in [7, 11) is 3.57. The Morgan fingerprint density at radius 3 is 2.59 bits per heavy atom. The number of hydrogen-bond donors (Lipinski definition) is 2. The molecule has 0 aromatic carbocycles. The minimum atomic E-state index is -0.904. The Labute approximate surface area is 127 Å². The van der Waals surface area contributed by atoms with E-state index in [1.807, 2.05) is 0 Å². The number of carbonyl (C=O) groups is 2. The van der Waals surface area contributed by atoms with Crippen molar-refractivity contribution in [2.45, 2.75) is 19.4 Å². The van der Waals surface area contributed by atoms with Crippen molar-refractivity contribution in [3.05, 3.63) is 11.5 Å². The Morgan fingerprint density at radius 2 is 2.00 bits per heavy atom. The zero-order chi connectivity index (χ0) is 16.5. The van der Waals surface area contributed by atoms with Gasteiger partial charge in [0, 0.05) is 0 Å². The Morgan fingerprint density at radius 1 is 1.32 bits per heavy atom. The Hall–Kier alpha value is -2.42. The van der Waals surface area contributed by atoms with Gasteiger partial charge in [0.25, 0.3) is 11.8 Å². The summed E-state index contributed by atoms with van der Waals surface area (Å²) in [4.78, 5) is 33.5. The van der Waals surface area contributed by atoms with Gasteiger partial charge in [0.2, 0.25) is 18.4 Å². The minimum absolute atomic E-state index is 0.0544. The molecule has 0 radical (unpaired) electrons. The SMILES string of the molecule is CN(C)CC(=O)NC(C)(C)c1nc2c(c(C(N)=O)n1)OCO2. The smallest absolute Gasteiger partial charge is 0.271 e. The molecule has 0 bridgehead atoms. The second-order valence-electron chi connectivity index (χ2n) is 5.71. The van der Waals surface area contributed by atoms with Crippen LogP contribution in [0.25, 0.3) is 0 Å². The number of rotatable bonds is 5. The van der Waals surface area contributed by atoms with E-state index >= 15 is 0 Å². The van der Waals surface area contributed by atoms with E-state index in [0.717, 1.165) is 0 Å². The van der Waals surface area contributed by atoms with Crippen LogP contribution in [0.5, 0.6) is 11.6 Å². The summed E-state index contributed by atoms with van der Waals surface area (Å²) in [6, 6.07) is 0. The van der Waals surface area contributed by atoms with E-state index in [0.29, 0.717) is 0 Å². The zero-order valence-electron chi connectivity index (χ0n) is 13.0. The fraction of sp³-hybridized carbons (Fsp3) is 0.538. The molecule has 9 heteroatoms. The van der Waals surface area contributed by atoms with Gasteiger partial charge in [0.05, 0.1) is 12.1 Å². The van der Waals surface area contributed by atoms with Crippen molar-refractivity contribution in [1.82, 2.24) is 20.2 Å². The molecule has 1 aliphatic rings. The molecular weight excluding hydrogens is 290 g/mol. The summed E-state index contributed by atoms with van der Waals surface area (Å²) in [5, 5.41) is 2.81. The lowest BCUT2D eigenvalue weighted by Crippen LogP contribution is -2.46. The average Bonchev–Trinajstić information content (AvgIpc) is 2.83. The van der Waals surface area contributed by atoms with Gasteiger partial charge in [-0.05, 0) is 27.9 Å². The molecule has 120 valence electrons. The first kappa shape index (κ1) is 16.0. The van der Waals surface area contributed by atoms with Crippen molar-refractivity contribution >= 4 is 11.8 Å². The fourth-order valence-electron chi connectivity index (χ4n) is 1.98. The maximum atomic E-state index is 11.9. The first-order valence-electron chi connectivity index (χ1n) is 6.64. The Kier molecular flexibility index (Phi) is 4.18. The van der Waals surface area contributed by atoms with Gasteiger partial charge >= 0.3 is 0 Å². The van der Waals surface area contributed by atoms with Gasteiger partial charge in [0.15, 0.2) is 11.5 Å². The van der Waals surface area contributed by atoms with Gasteiger partial charge in [-0.1, -0.05) is 0 Å². The second kappa shape index (κ2) is 5.76. The van der Waals surface area contributed by atoms with Crippen molar-refractivity contribution in [3.8, 4) is 11.6 Å². The summed E-state index contributed by atoms with van der Waals surface area (Å²) < 4.78 is 10.3. The predicted octanol–water partition coefficient (Wildman–Crippen LogP) is -0.783. The van der Waals surface area contributed by atoms with Gasteiger partial charge in [-0.2, -0.15) is 4.98 Å². The number of nitrogens with two attached hydrogens (primary N) is 1. The lowest BCUT2D eigenvalue weighted by atomic mass is 10.0. The first-order valence-corrected chi connectivity index (χ1v) is 6.64. The van der Waals surface area contributed by atoms with Gasteiger partial charge in [0.1, 0.15) is 0 Å². The standard InChI is InChI=1S/C13H19N5O4/c1-13(2,17-7(19)5-18(3)4)12-15-8(10(14)20)9-11(16-12)22-6-21-9/h5-6H2,1-4H3,(H2,14,20)(H,17,19). The summed E-state index contributed by atoms with van der Waals surface area (Å²) in [6.45, 7) is 3.61. The predicted molar refractivity (Wildman–Crippen MR) is 76.4 cm³/mol. The molecule has 2 heterocycles. The molecule has 22 heavy (non-hydrogen) atoms. The van der Waals surface area contributed by atoms with Crippen LogP contribution in [0.3, 0.4) is 0 Å². The van der Waals surface area contributed by atoms with Crippen molar-refractivity contribution < 1.29 is 19.1 Å². The number of aromatic nitrogens is 2. The number of hydrogen-bond acceptors (Lipinski definition) is 7. The van der Waals surface area contributed by atoms with Crippen LogP contribution in [0.2, 0.25) is 0 Å². The number of primary amides is 1. The number of likely N-dealkylation sites (N-methyl/N-ethyl adjacent to an activating group) is 1. The van der Waals surface area contributed by atoms with E-state index in [2.05, 4.69) is 15.3 Å². The molecular formula is C13H19N5O4.